The van der Waals surface area contributed by atoms with E-state index in [1.807, 2.05) is 0 Å². The fraction of sp³-hybridized carbons (Fsp3) is 0.833. The molecule has 1 N–H and O–H groups in total. The molecule has 0 fully saturated rings. The minimum absolute atomic E-state index is 0. The third-order valence-electron chi connectivity index (χ3n) is 1.17. The zero-order chi connectivity index (χ0) is 6.57. The average molecular weight is 156 g/mol. The van der Waals surface area contributed by atoms with E-state index in [0.29, 0.717) is 6.42 Å². The van der Waals surface area contributed by atoms with E-state index >= 15 is 0 Å². The second-order valence-corrected chi connectivity index (χ2v) is 1.90. The van der Waals surface area contributed by atoms with Gasteiger partial charge < -0.3 is 5.11 Å². The molecule has 0 bridgehead atoms. The fourth-order valence-electron chi connectivity index (χ4n) is 0.450. The van der Waals surface area contributed by atoms with E-state index in [1.54, 1.807) is 13.8 Å². The van der Waals surface area contributed by atoms with Gasteiger partial charge in [0.05, 0.1) is 6.61 Å². The summed E-state index contributed by atoms with van der Waals surface area (Å²) < 4.78 is 0. The summed E-state index contributed by atoms with van der Waals surface area (Å²) in [6.07, 6.45) is 0.529. The zero-order valence-electron chi connectivity index (χ0n) is 5.35. The van der Waals surface area contributed by atoms with Gasteiger partial charge >= 0.3 is 51.4 Å². The van der Waals surface area contributed by atoms with Crippen LogP contribution in [-0.4, -0.2) is 68.9 Å². The molecular weight excluding hydrogens is 143 g/mol. The first-order valence-corrected chi connectivity index (χ1v) is 2.86. The molecule has 0 heterocycles. The van der Waals surface area contributed by atoms with Gasteiger partial charge in [0.1, 0.15) is 5.78 Å². The van der Waals surface area contributed by atoms with E-state index in [1.165, 1.54) is 0 Å². The number of aliphatic hydroxyl groups is 1. The Morgan fingerprint density at radius 3 is 2.22 bits per heavy atom. The predicted molar refractivity (Wildman–Crippen MR) is 38.7 cm³/mol. The van der Waals surface area contributed by atoms with Crippen LogP contribution in [0.2, 0.25) is 0 Å². The van der Waals surface area contributed by atoms with Crippen LogP contribution in [0.1, 0.15) is 20.3 Å². The van der Waals surface area contributed by atoms with Gasteiger partial charge in [0.25, 0.3) is 0 Å². The summed E-state index contributed by atoms with van der Waals surface area (Å²) in [6.45, 7) is 3.51. The van der Waals surface area contributed by atoms with Gasteiger partial charge in [0.15, 0.2) is 0 Å². The molecule has 0 amide bonds. The number of hydrogen-bond donors (Lipinski definition) is 1. The molecule has 3 heteroatoms. The molecule has 2 nitrogen and oxygen atoms in total. The van der Waals surface area contributed by atoms with Crippen molar-refractivity contribution < 1.29 is 9.90 Å². The van der Waals surface area contributed by atoms with Crippen molar-refractivity contribution in [2.24, 2.45) is 5.92 Å². The third-order valence-corrected chi connectivity index (χ3v) is 1.17. The van der Waals surface area contributed by atoms with Gasteiger partial charge in [-0.05, 0) is 0 Å². The first-order valence-electron chi connectivity index (χ1n) is 2.86. The van der Waals surface area contributed by atoms with Gasteiger partial charge in [-0.3, -0.25) is 4.79 Å². The molecule has 0 saturated carbocycles. The van der Waals surface area contributed by atoms with Crippen LogP contribution in [-0.2, 0) is 4.79 Å². The van der Waals surface area contributed by atoms with E-state index in [-0.39, 0.29) is 69.7 Å². The SMILES string of the molecule is CCC(=O)C(C)CO.[KH]. The molecule has 0 aliphatic heterocycles. The molecule has 0 aromatic heterocycles. The summed E-state index contributed by atoms with van der Waals surface area (Å²) in [6, 6.07) is 0. The van der Waals surface area contributed by atoms with Gasteiger partial charge in [-0.1, -0.05) is 13.8 Å². The van der Waals surface area contributed by atoms with Crippen molar-refractivity contribution in [2.45, 2.75) is 20.3 Å². The Kier molecular flexibility index (Phi) is 10.6. The first kappa shape index (κ1) is 12.9. The van der Waals surface area contributed by atoms with Gasteiger partial charge in [-0.2, -0.15) is 0 Å². The van der Waals surface area contributed by atoms with E-state index in [9.17, 15) is 4.79 Å². The van der Waals surface area contributed by atoms with Crippen LogP contribution in [0.25, 0.3) is 0 Å². The number of carbonyl (C=O) groups is 1. The molecule has 1 atom stereocenters. The molecule has 0 radical (unpaired) electrons. The maximum absolute atomic E-state index is 10.6. The average Bonchev–Trinajstić information content (AvgIpc) is 1.84. The Morgan fingerprint density at radius 1 is 1.67 bits per heavy atom. The number of aliphatic hydroxyl groups excluding tert-OH is 1. The van der Waals surface area contributed by atoms with Crippen molar-refractivity contribution in [3.63, 3.8) is 0 Å². The molecule has 0 aromatic rings. The standard InChI is InChI=1S/C6H12O2.K.H/c1-3-6(8)5(2)4-7;;/h5,7H,3-4H2,1-2H3;;. The predicted octanol–water partition coefficient (Wildman–Crippen LogP) is -0.0546. The summed E-state index contributed by atoms with van der Waals surface area (Å²) in [5.74, 6) is -0.0347. The van der Waals surface area contributed by atoms with E-state index in [0.717, 1.165) is 0 Å². The minimum atomic E-state index is -0.167. The van der Waals surface area contributed by atoms with E-state index in [4.69, 9.17) is 5.11 Å². The zero-order valence-corrected chi connectivity index (χ0v) is 5.35. The Labute approximate surface area is 98.4 Å². The van der Waals surface area contributed by atoms with Crippen LogP contribution in [0.3, 0.4) is 0 Å². The van der Waals surface area contributed by atoms with Crippen molar-refractivity contribution in [2.75, 3.05) is 6.61 Å². The van der Waals surface area contributed by atoms with Crippen molar-refractivity contribution in [1.29, 1.82) is 0 Å². The Hall–Kier alpha value is 1.27. The van der Waals surface area contributed by atoms with Crippen LogP contribution in [0.15, 0.2) is 0 Å². The molecule has 0 aliphatic carbocycles. The third kappa shape index (κ3) is 5.70. The van der Waals surface area contributed by atoms with Crippen LogP contribution in [0.4, 0.5) is 0 Å². The second kappa shape index (κ2) is 7.37. The number of rotatable bonds is 3. The quantitative estimate of drug-likeness (QED) is 0.582. The second-order valence-electron chi connectivity index (χ2n) is 1.90. The van der Waals surface area contributed by atoms with Crippen molar-refractivity contribution in [1.82, 2.24) is 0 Å². The van der Waals surface area contributed by atoms with Crippen LogP contribution in [0.5, 0.6) is 0 Å². The summed E-state index contributed by atoms with van der Waals surface area (Å²) >= 11 is 0. The molecule has 9 heavy (non-hydrogen) atoms. The number of ketones is 1. The first-order chi connectivity index (χ1) is 3.72. The maximum atomic E-state index is 10.6. The van der Waals surface area contributed by atoms with Crippen LogP contribution < -0.4 is 0 Å². The van der Waals surface area contributed by atoms with Gasteiger partial charge in [0.2, 0.25) is 0 Å². The van der Waals surface area contributed by atoms with Gasteiger partial charge in [-0.15, -0.1) is 0 Å². The molecule has 50 valence electrons. The van der Waals surface area contributed by atoms with Crippen LogP contribution >= 0.6 is 0 Å². The van der Waals surface area contributed by atoms with Gasteiger partial charge in [-0.25, -0.2) is 0 Å². The topological polar surface area (TPSA) is 37.3 Å². The monoisotopic (exact) mass is 156 g/mol. The van der Waals surface area contributed by atoms with E-state index < -0.39 is 0 Å². The van der Waals surface area contributed by atoms with Crippen molar-refractivity contribution in [3.8, 4) is 0 Å². The molecule has 1 unspecified atom stereocenters. The van der Waals surface area contributed by atoms with E-state index in [2.05, 4.69) is 0 Å². The molecule has 0 aromatic carbocycles. The summed E-state index contributed by atoms with van der Waals surface area (Å²) in [4.78, 5) is 10.6. The Bertz CT molecular complexity index is 83.1. The Balaban J connectivity index is 0. The fourth-order valence-corrected chi connectivity index (χ4v) is 0.450. The molecule has 0 spiro atoms. The summed E-state index contributed by atoms with van der Waals surface area (Å²) in [7, 11) is 0. The molecule has 0 rings (SSSR count). The number of Topliss-reactive ketones (excluding diaryl/α,β-unsaturated/α-hetero) is 1. The summed E-state index contributed by atoms with van der Waals surface area (Å²) in [5.41, 5.74) is 0. The number of carbonyl (C=O) groups excluding carboxylic acids is 1. The van der Waals surface area contributed by atoms with Gasteiger partial charge in [0, 0.05) is 12.3 Å². The van der Waals surface area contributed by atoms with Crippen LogP contribution in [0, 0.1) is 5.92 Å². The molecule has 0 saturated heterocycles. The molecular formula is C6H13KO2. The number of hydrogen-bond acceptors (Lipinski definition) is 2. The van der Waals surface area contributed by atoms with Crippen molar-refractivity contribution >= 4 is 57.2 Å². The Morgan fingerprint density at radius 2 is 2.11 bits per heavy atom. The normalized spacial score (nSPS) is 11.9. The summed E-state index contributed by atoms with van der Waals surface area (Å²) in [5, 5.41) is 8.42. The molecule has 0 aliphatic rings. The van der Waals surface area contributed by atoms with Crippen molar-refractivity contribution in [3.05, 3.63) is 0 Å².